The zero-order valence-corrected chi connectivity index (χ0v) is 14.5. The molecule has 2 heterocycles. The number of piperazine rings is 1. The molecule has 0 bridgehead atoms. The van der Waals surface area contributed by atoms with Gasteiger partial charge in [0.1, 0.15) is 11.6 Å². The highest BCUT2D eigenvalue weighted by atomic mass is 19.4. The smallest absolute Gasteiger partial charge is 0.416 e. The van der Waals surface area contributed by atoms with Crippen molar-refractivity contribution in [2.45, 2.75) is 12.8 Å². The number of anilines is 1. The van der Waals surface area contributed by atoms with Crippen LogP contribution in [0.4, 0.5) is 27.8 Å². The number of hydrogen-bond acceptors (Lipinski definition) is 4. The molecule has 1 aliphatic heterocycles. The minimum atomic E-state index is -4.47. The van der Waals surface area contributed by atoms with E-state index >= 15 is 0 Å². The summed E-state index contributed by atoms with van der Waals surface area (Å²) in [4.78, 5) is 19.7. The average Bonchev–Trinajstić information content (AvgIpc) is 2.67. The number of ether oxygens (including phenoxy) is 1. The van der Waals surface area contributed by atoms with Crippen LogP contribution >= 0.6 is 0 Å². The van der Waals surface area contributed by atoms with Crippen molar-refractivity contribution >= 4 is 11.7 Å². The predicted molar refractivity (Wildman–Crippen MR) is 90.4 cm³/mol. The predicted octanol–water partition coefficient (Wildman–Crippen LogP) is 3.66. The molecule has 2 aromatic rings. The number of aromatic nitrogens is 1. The lowest BCUT2D eigenvalue weighted by molar-refractivity contribution is -0.137. The number of halogens is 5. The van der Waals surface area contributed by atoms with Gasteiger partial charge in [-0.2, -0.15) is 22.0 Å². The summed E-state index contributed by atoms with van der Waals surface area (Å²) in [6, 6.07) is 7.54. The second kappa shape index (κ2) is 7.99. The van der Waals surface area contributed by atoms with Crippen molar-refractivity contribution in [3.63, 3.8) is 0 Å². The molecule has 1 aromatic heterocycles. The van der Waals surface area contributed by atoms with Crippen molar-refractivity contribution in [2.24, 2.45) is 0 Å². The summed E-state index contributed by atoms with van der Waals surface area (Å²) in [5, 5.41) is 0. The lowest BCUT2D eigenvalue weighted by Gasteiger charge is -2.35. The molecule has 3 rings (SSSR count). The largest absolute Gasteiger partial charge is 0.434 e. The molecule has 1 saturated heterocycles. The van der Waals surface area contributed by atoms with Crippen molar-refractivity contribution < 1.29 is 31.5 Å². The van der Waals surface area contributed by atoms with Gasteiger partial charge in [0.25, 0.3) is 5.91 Å². The number of rotatable bonds is 4. The fraction of sp³-hybridized carbons (Fsp3) is 0.333. The first kappa shape index (κ1) is 19.8. The molecule has 150 valence electrons. The lowest BCUT2D eigenvalue weighted by Crippen LogP contribution is -2.49. The maximum atomic E-state index is 12.9. The van der Waals surface area contributed by atoms with Gasteiger partial charge in [0.15, 0.2) is 0 Å². The van der Waals surface area contributed by atoms with Crippen LogP contribution in [0.15, 0.2) is 42.6 Å². The van der Waals surface area contributed by atoms with Crippen LogP contribution in [0.3, 0.4) is 0 Å². The maximum Gasteiger partial charge on any atom is 0.416 e. The number of benzene rings is 1. The SMILES string of the molecule is O=C(c1ccccc1OC(F)F)N1CCN(c2cc(C(F)(F)F)ccn2)CC1. The molecule has 0 unspecified atom stereocenters. The molecule has 0 atom stereocenters. The molecule has 0 spiro atoms. The third-order valence-electron chi connectivity index (χ3n) is 4.30. The van der Waals surface area contributed by atoms with Gasteiger partial charge < -0.3 is 14.5 Å². The Morgan fingerprint density at radius 2 is 1.75 bits per heavy atom. The average molecular weight is 401 g/mol. The highest BCUT2D eigenvalue weighted by molar-refractivity contribution is 5.97. The monoisotopic (exact) mass is 401 g/mol. The van der Waals surface area contributed by atoms with Gasteiger partial charge in [-0.15, -0.1) is 0 Å². The summed E-state index contributed by atoms with van der Waals surface area (Å²) in [6.07, 6.45) is -3.38. The summed E-state index contributed by atoms with van der Waals surface area (Å²) in [7, 11) is 0. The molecule has 0 saturated carbocycles. The molecule has 0 radical (unpaired) electrons. The lowest BCUT2D eigenvalue weighted by atomic mass is 10.1. The number of nitrogens with zero attached hydrogens (tertiary/aromatic N) is 3. The number of pyridine rings is 1. The van der Waals surface area contributed by atoms with Gasteiger partial charge in [0.2, 0.25) is 0 Å². The van der Waals surface area contributed by atoms with E-state index in [2.05, 4.69) is 9.72 Å². The van der Waals surface area contributed by atoms with Gasteiger partial charge >= 0.3 is 12.8 Å². The van der Waals surface area contributed by atoms with Crippen LogP contribution in [0, 0.1) is 0 Å². The Balaban J connectivity index is 1.69. The highest BCUT2D eigenvalue weighted by Crippen LogP contribution is 2.31. The molecule has 28 heavy (non-hydrogen) atoms. The number of hydrogen-bond donors (Lipinski definition) is 0. The zero-order valence-electron chi connectivity index (χ0n) is 14.5. The molecular weight excluding hydrogens is 385 g/mol. The van der Waals surface area contributed by atoms with Crippen LogP contribution in [0.1, 0.15) is 15.9 Å². The van der Waals surface area contributed by atoms with Crippen molar-refractivity contribution in [3.05, 3.63) is 53.7 Å². The molecule has 5 nitrogen and oxygen atoms in total. The van der Waals surface area contributed by atoms with E-state index in [-0.39, 0.29) is 43.3 Å². The first-order chi connectivity index (χ1) is 13.3. The van der Waals surface area contributed by atoms with Crippen LogP contribution in [-0.2, 0) is 6.18 Å². The van der Waals surface area contributed by atoms with Crippen molar-refractivity contribution in [2.75, 3.05) is 31.1 Å². The Morgan fingerprint density at radius 1 is 1.07 bits per heavy atom. The van der Waals surface area contributed by atoms with E-state index in [9.17, 15) is 26.7 Å². The molecule has 0 N–H and O–H groups in total. The summed E-state index contributed by atoms with van der Waals surface area (Å²) in [5.74, 6) is -0.527. The first-order valence-corrected chi connectivity index (χ1v) is 8.37. The van der Waals surface area contributed by atoms with Crippen LogP contribution in [0.5, 0.6) is 5.75 Å². The van der Waals surface area contributed by atoms with E-state index in [1.165, 1.54) is 29.2 Å². The van der Waals surface area contributed by atoms with Crippen molar-refractivity contribution in [1.82, 2.24) is 9.88 Å². The number of amides is 1. The van der Waals surface area contributed by atoms with E-state index in [0.29, 0.717) is 0 Å². The van der Waals surface area contributed by atoms with Gasteiger partial charge in [0, 0.05) is 32.4 Å². The number of alkyl halides is 5. The number of para-hydroxylation sites is 1. The van der Waals surface area contributed by atoms with E-state index in [1.54, 1.807) is 4.90 Å². The van der Waals surface area contributed by atoms with Crippen LogP contribution in [0.25, 0.3) is 0 Å². The second-order valence-electron chi connectivity index (χ2n) is 6.05. The van der Waals surface area contributed by atoms with E-state index in [4.69, 9.17) is 0 Å². The van der Waals surface area contributed by atoms with E-state index in [0.717, 1.165) is 18.3 Å². The fourth-order valence-electron chi connectivity index (χ4n) is 2.92. The Kier molecular flexibility index (Phi) is 5.66. The summed E-state index contributed by atoms with van der Waals surface area (Å²) in [6.45, 7) is -2.12. The fourth-order valence-corrected chi connectivity index (χ4v) is 2.92. The van der Waals surface area contributed by atoms with Gasteiger partial charge in [-0.1, -0.05) is 12.1 Å². The molecule has 1 aliphatic rings. The Labute approximate surface area is 157 Å². The molecule has 1 aromatic carbocycles. The van der Waals surface area contributed by atoms with E-state index in [1.807, 2.05) is 0 Å². The molecule has 1 amide bonds. The molecular formula is C18H16F5N3O2. The minimum absolute atomic E-state index is 0.00782. The Bertz CT molecular complexity index is 836. The third-order valence-corrected chi connectivity index (χ3v) is 4.30. The summed E-state index contributed by atoms with van der Waals surface area (Å²) < 4.78 is 68.0. The summed E-state index contributed by atoms with van der Waals surface area (Å²) in [5.41, 5.74) is -0.789. The Morgan fingerprint density at radius 3 is 2.39 bits per heavy atom. The second-order valence-corrected chi connectivity index (χ2v) is 6.05. The third kappa shape index (κ3) is 4.49. The van der Waals surface area contributed by atoms with Crippen molar-refractivity contribution in [3.8, 4) is 5.75 Å². The standard InChI is InChI=1S/C18H16F5N3O2/c19-17(20)28-14-4-2-1-3-13(14)16(27)26-9-7-25(8-10-26)15-11-12(5-6-24-15)18(21,22)23/h1-6,11,17H,7-10H2. The number of carbonyl (C=O) groups excluding carboxylic acids is 1. The van der Waals surface area contributed by atoms with Crippen LogP contribution < -0.4 is 9.64 Å². The maximum absolute atomic E-state index is 12.9. The van der Waals surface area contributed by atoms with Gasteiger partial charge in [-0.05, 0) is 24.3 Å². The topological polar surface area (TPSA) is 45.7 Å². The molecule has 10 heteroatoms. The Hall–Kier alpha value is -2.91. The first-order valence-electron chi connectivity index (χ1n) is 8.37. The highest BCUT2D eigenvalue weighted by Gasteiger charge is 2.32. The molecule has 0 aliphatic carbocycles. The van der Waals surface area contributed by atoms with Gasteiger partial charge in [-0.25, -0.2) is 4.98 Å². The normalized spacial score (nSPS) is 15.1. The van der Waals surface area contributed by atoms with Gasteiger partial charge in [0.05, 0.1) is 11.1 Å². The number of carbonyl (C=O) groups is 1. The quantitative estimate of drug-likeness (QED) is 0.734. The van der Waals surface area contributed by atoms with Crippen LogP contribution in [0.2, 0.25) is 0 Å². The van der Waals surface area contributed by atoms with E-state index < -0.39 is 24.3 Å². The van der Waals surface area contributed by atoms with Gasteiger partial charge in [-0.3, -0.25) is 4.79 Å². The molecule has 1 fully saturated rings. The zero-order chi connectivity index (χ0) is 20.3. The minimum Gasteiger partial charge on any atom is -0.434 e. The van der Waals surface area contributed by atoms with Crippen molar-refractivity contribution in [1.29, 1.82) is 0 Å². The van der Waals surface area contributed by atoms with Crippen LogP contribution in [-0.4, -0.2) is 48.6 Å². The summed E-state index contributed by atoms with van der Waals surface area (Å²) >= 11 is 0.